The van der Waals surface area contributed by atoms with Gasteiger partial charge in [-0.15, -0.1) is 0 Å². The first-order chi connectivity index (χ1) is 8.77. The molecule has 0 spiro atoms. The van der Waals surface area contributed by atoms with E-state index in [1.807, 2.05) is 11.9 Å². The maximum atomic E-state index is 12.2. The van der Waals surface area contributed by atoms with Crippen LogP contribution < -0.4 is 5.32 Å². The zero-order chi connectivity index (χ0) is 12.5. The number of amides is 1. The summed E-state index contributed by atoms with van der Waals surface area (Å²) in [7, 11) is 1.94. The molecule has 18 heavy (non-hydrogen) atoms. The first-order valence-electron chi connectivity index (χ1n) is 7.49. The smallest absolute Gasteiger partial charge is 0.239 e. The number of piperidine rings is 1. The van der Waals surface area contributed by atoms with Crippen molar-refractivity contribution in [2.24, 2.45) is 5.92 Å². The predicted molar refractivity (Wildman–Crippen MR) is 71.4 cm³/mol. The number of rotatable bonds is 2. The van der Waals surface area contributed by atoms with Crippen LogP contribution in [0.2, 0.25) is 0 Å². The molecule has 0 radical (unpaired) electrons. The van der Waals surface area contributed by atoms with Crippen molar-refractivity contribution >= 4 is 5.91 Å². The number of carbonyl (C=O) groups excluding carboxylic acids is 1. The molecule has 4 heteroatoms. The number of hydrogen-bond acceptors (Lipinski definition) is 3. The Hall–Kier alpha value is -0.610. The van der Waals surface area contributed by atoms with Crippen LogP contribution in [-0.2, 0) is 4.79 Å². The highest BCUT2D eigenvalue weighted by molar-refractivity contribution is 5.83. The van der Waals surface area contributed by atoms with Gasteiger partial charge in [-0.05, 0) is 57.7 Å². The van der Waals surface area contributed by atoms with Gasteiger partial charge >= 0.3 is 0 Å². The number of nitrogens with zero attached hydrogens (tertiary/aromatic N) is 2. The summed E-state index contributed by atoms with van der Waals surface area (Å²) >= 11 is 0. The Bertz CT molecular complexity index is 314. The minimum absolute atomic E-state index is 0.192. The lowest BCUT2D eigenvalue weighted by Crippen LogP contribution is -2.48. The fourth-order valence-electron chi connectivity index (χ4n) is 4.05. The van der Waals surface area contributed by atoms with Crippen molar-refractivity contribution in [3.8, 4) is 0 Å². The van der Waals surface area contributed by atoms with Gasteiger partial charge in [0.1, 0.15) is 0 Å². The van der Waals surface area contributed by atoms with E-state index in [9.17, 15) is 4.79 Å². The summed E-state index contributed by atoms with van der Waals surface area (Å²) in [6.45, 7) is 4.40. The third kappa shape index (κ3) is 2.16. The average molecular weight is 251 g/mol. The Balaban J connectivity index is 1.69. The van der Waals surface area contributed by atoms with E-state index in [1.165, 1.54) is 25.7 Å². The Morgan fingerprint density at radius 2 is 1.89 bits per heavy atom. The molecule has 0 aromatic heterocycles. The molecule has 1 N–H and O–H groups in total. The van der Waals surface area contributed by atoms with E-state index in [1.54, 1.807) is 0 Å². The molecule has 2 unspecified atom stereocenters. The molecule has 0 aliphatic carbocycles. The van der Waals surface area contributed by atoms with Gasteiger partial charge in [0, 0.05) is 19.6 Å². The maximum Gasteiger partial charge on any atom is 0.239 e. The lowest BCUT2D eigenvalue weighted by atomic mass is 9.88. The molecule has 1 amide bonds. The summed E-state index contributed by atoms with van der Waals surface area (Å²) in [6, 6.07) is 0.866. The molecule has 3 rings (SSSR count). The summed E-state index contributed by atoms with van der Waals surface area (Å²) in [6.07, 6.45) is 6.20. The molecule has 3 fully saturated rings. The monoisotopic (exact) mass is 251 g/mol. The summed E-state index contributed by atoms with van der Waals surface area (Å²) < 4.78 is 0. The number of likely N-dealkylation sites (tertiary alicyclic amines) is 2. The van der Waals surface area contributed by atoms with Crippen molar-refractivity contribution in [3.05, 3.63) is 0 Å². The zero-order valence-electron chi connectivity index (χ0n) is 11.4. The van der Waals surface area contributed by atoms with Crippen LogP contribution in [0.5, 0.6) is 0 Å². The van der Waals surface area contributed by atoms with Gasteiger partial charge in [0.2, 0.25) is 5.91 Å². The molecule has 2 atom stereocenters. The van der Waals surface area contributed by atoms with E-state index >= 15 is 0 Å². The van der Waals surface area contributed by atoms with Crippen LogP contribution in [0.15, 0.2) is 0 Å². The van der Waals surface area contributed by atoms with Crippen LogP contribution in [0, 0.1) is 5.92 Å². The summed E-state index contributed by atoms with van der Waals surface area (Å²) in [4.78, 5) is 16.6. The SMILES string of the molecule is CN1CCC(N2CCCC2C2CCNCC2)C1=O. The van der Waals surface area contributed by atoms with Crippen molar-refractivity contribution in [1.82, 2.24) is 15.1 Å². The summed E-state index contributed by atoms with van der Waals surface area (Å²) in [5, 5.41) is 3.44. The maximum absolute atomic E-state index is 12.2. The predicted octanol–water partition coefficient (Wildman–Crippen LogP) is 0.681. The molecule has 0 bridgehead atoms. The molecule has 0 aromatic rings. The number of carbonyl (C=O) groups is 1. The number of likely N-dealkylation sites (N-methyl/N-ethyl adjacent to an activating group) is 1. The molecule has 0 aromatic carbocycles. The van der Waals surface area contributed by atoms with Gasteiger partial charge in [-0.2, -0.15) is 0 Å². The van der Waals surface area contributed by atoms with E-state index in [0.29, 0.717) is 11.9 Å². The van der Waals surface area contributed by atoms with Gasteiger partial charge in [-0.3, -0.25) is 9.69 Å². The van der Waals surface area contributed by atoms with Crippen molar-refractivity contribution < 1.29 is 4.79 Å². The number of hydrogen-bond donors (Lipinski definition) is 1. The van der Waals surface area contributed by atoms with Crippen LogP contribution in [0.25, 0.3) is 0 Å². The second kappa shape index (κ2) is 5.17. The fourth-order valence-corrected chi connectivity index (χ4v) is 4.05. The van der Waals surface area contributed by atoms with Crippen molar-refractivity contribution in [3.63, 3.8) is 0 Å². The highest BCUT2D eigenvalue weighted by atomic mass is 16.2. The van der Waals surface area contributed by atoms with Crippen LogP contribution in [0.4, 0.5) is 0 Å². The van der Waals surface area contributed by atoms with Crippen LogP contribution in [0.1, 0.15) is 32.1 Å². The van der Waals surface area contributed by atoms with Crippen LogP contribution >= 0.6 is 0 Å². The Morgan fingerprint density at radius 1 is 1.11 bits per heavy atom. The molecule has 0 saturated carbocycles. The van der Waals surface area contributed by atoms with Gasteiger partial charge in [0.15, 0.2) is 0 Å². The van der Waals surface area contributed by atoms with Crippen molar-refractivity contribution in [2.45, 2.75) is 44.2 Å². The minimum Gasteiger partial charge on any atom is -0.344 e. The van der Waals surface area contributed by atoms with Crippen LogP contribution in [0.3, 0.4) is 0 Å². The molecule has 3 aliphatic heterocycles. The Morgan fingerprint density at radius 3 is 2.56 bits per heavy atom. The van der Waals surface area contributed by atoms with Gasteiger partial charge < -0.3 is 10.2 Å². The van der Waals surface area contributed by atoms with Gasteiger partial charge in [0.05, 0.1) is 6.04 Å². The average Bonchev–Trinajstić information content (AvgIpc) is 2.99. The van der Waals surface area contributed by atoms with E-state index in [4.69, 9.17) is 0 Å². The van der Waals surface area contributed by atoms with E-state index in [0.717, 1.165) is 38.5 Å². The highest BCUT2D eigenvalue weighted by Gasteiger charge is 2.42. The van der Waals surface area contributed by atoms with E-state index in [-0.39, 0.29) is 6.04 Å². The normalized spacial score (nSPS) is 35.6. The fraction of sp³-hybridized carbons (Fsp3) is 0.929. The first-order valence-corrected chi connectivity index (χ1v) is 7.49. The lowest BCUT2D eigenvalue weighted by Gasteiger charge is -2.36. The highest BCUT2D eigenvalue weighted by Crippen LogP contribution is 2.33. The quantitative estimate of drug-likeness (QED) is 0.784. The van der Waals surface area contributed by atoms with E-state index < -0.39 is 0 Å². The largest absolute Gasteiger partial charge is 0.344 e. The van der Waals surface area contributed by atoms with Crippen molar-refractivity contribution in [2.75, 3.05) is 33.2 Å². The molecular weight excluding hydrogens is 226 g/mol. The third-order valence-electron chi connectivity index (χ3n) is 5.07. The zero-order valence-corrected chi connectivity index (χ0v) is 11.4. The summed E-state index contributed by atoms with van der Waals surface area (Å²) in [5.74, 6) is 1.17. The topological polar surface area (TPSA) is 35.6 Å². The standard InChI is InChI=1S/C14H25N3O/c1-16-10-6-13(14(16)18)17-9-2-3-12(17)11-4-7-15-8-5-11/h11-13,15H,2-10H2,1H3. The Kier molecular flexibility index (Phi) is 3.57. The van der Waals surface area contributed by atoms with Gasteiger partial charge in [-0.1, -0.05) is 0 Å². The molecular formula is C14H25N3O. The molecule has 4 nitrogen and oxygen atoms in total. The molecule has 102 valence electrons. The van der Waals surface area contributed by atoms with Crippen LogP contribution in [-0.4, -0.2) is 61.0 Å². The van der Waals surface area contributed by atoms with Crippen molar-refractivity contribution in [1.29, 1.82) is 0 Å². The third-order valence-corrected chi connectivity index (χ3v) is 5.07. The number of nitrogens with one attached hydrogen (secondary N) is 1. The van der Waals surface area contributed by atoms with Gasteiger partial charge in [0.25, 0.3) is 0 Å². The lowest BCUT2D eigenvalue weighted by molar-refractivity contribution is -0.131. The minimum atomic E-state index is 0.192. The molecule has 3 heterocycles. The van der Waals surface area contributed by atoms with E-state index in [2.05, 4.69) is 10.2 Å². The second-order valence-electron chi connectivity index (χ2n) is 6.10. The first kappa shape index (κ1) is 12.4. The second-order valence-corrected chi connectivity index (χ2v) is 6.10. The Labute approximate surface area is 110 Å². The molecule has 3 saturated heterocycles. The molecule has 3 aliphatic rings. The summed E-state index contributed by atoms with van der Waals surface area (Å²) in [5.41, 5.74) is 0. The van der Waals surface area contributed by atoms with Gasteiger partial charge in [-0.25, -0.2) is 0 Å².